The average Bonchev–Trinajstić information content (AvgIpc) is 2.60. The fraction of sp³-hybridized carbons (Fsp3) is 0.211. The number of esters is 1. The molecule has 7 heteroatoms. The lowest BCUT2D eigenvalue weighted by molar-refractivity contribution is -0.142. The number of anilines is 1. The summed E-state index contributed by atoms with van der Waals surface area (Å²) in [5, 5.41) is 5.84. The Labute approximate surface area is 156 Å². The van der Waals surface area contributed by atoms with E-state index in [-0.39, 0.29) is 12.3 Å². The van der Waals surface area contributed by atoms with Gasteiger partial charge in [0.25, 0.3) is 5.91 Å². The molecular formula is C19H19ClN2O4. The van der Waals surface area contributed by atoms with Crippen LogP contribution in [0.5, 0.6) is 0 Å². The zero-order valence-corrected chi connectivity index (χ0v) is 15.2. The standard InChI is InChI=1S/C19H19ClN2O4/c1-12(23)21-16-8-6-14(7-9-16)18(24)22-17(19(25)26-2)11-13-4-3-5-15(20)10-13/h3-10,17H,11H2,1-2H3,(H,21,23)(H,22,24)/t17-/m1/s1. The van der Waals surface area contributed by atoms with Crippen LogP contribution in [-0.2, 0) is 20.7 Å². The van der Waals surface area contributed by atoms with E-state index in [1.165, 1.54) is 14.0 Å². The van der Waals surface area contributed by atoms with Crippen molar-refractivity contribution in [3.63, 3.8) is 0 Å². The molecule has 0 fully saturated rings. The van der Waals surface area contributed by atoms with Crippen molar-refractivity contribution in [3.8, 4) is 0 Å². The van der Waals surface area contributed by atoms with Crippen LogP contribution in [0.25, 0.3) is 0 Å². The predicted molar refractivity (Wildman–Crippen MR) is 99.2 cm³/mol. The number of hydrogen-bond acceptors (Lipinski definition) is 4. The van der Waals surface area contributed by atoms with Crippen LogP contribution >= 0.6 is 11.6 Å². The molecule has 136 valence electrons. The van der Waals surface area contributed by atoms with Gasteiger partial charge in [-0.05, 0) is 42.0 Å². The topological polar surface area (TPSA) is 84.5 Å². The van der Waals surface area contributed by atoms with E-state index in [1.54, 1.807) is 42.5 Å². The summed E-state index contributed by atoms with van der Waals surface area (Å²) in [6.45, 7) is 1.40. The van der Waals surface area contributed by atoms with Crippen molar-refractivity contribution < 1.29 is 19.1 Å². The van der Waals surface area contributed by atoms with Gasteiger partial charge in [-0.2, -0.15) is 0 Å². The van der Waals surface area contributed by atoms with E-state index in [9.17, 15) is 14.4 Å². The summed E-state index contributed by atoms with van der Waals surface area (Å²) in [6.07, 6.45) is 0.253. The molecule has 2 aromatic rings. The summed E-state index contributed by atoms with van der Waals surface area (Å²) in [4.78, 5) is 35.5. The maximum Gasteiger partial charge on any atom is 0.328 e. The van der Waals surface area contributed by atoms with Gasteiger partial charge in [0.15, 0.2) is 0 Å². The summed E-state index contributed by atoms with van der Waals surface area (Å²) in [6, 6.07) is 12.6. The van der Waals surface area contributed by atoms with E-state index in [0.717, 1.165) is 5.56 Å². The van der Waals surface area contributed by atoms with Gasteiger partial charge in [0.05, 0.1) is 7.11 Å². The van der Waals surface area contributed by atoms with Crippen molar-refractivity contribution in [2.24, 2.45) is 0 Å². The van der Waals surface area contributed by atoms with Gasteiger partial charge in [-0.25, -0.2) is 4.79 Å². The number of carbonyl (C=O) groups is 3. The van der Waals surface area contributed by atoms with E-state index in [1.807, 2.05) is 6.07 Å². The quantitative estimate of drug-likeness (QED) is 0.761. The summed E-state index contributed by atoms with van der Waals surface area (Å²) < 4.78 is 4.78. The van der Waals surface area contributed by atoms with Crippen molar-refractivity contribution in [2.75, 3.05) is 12.4 Å². The lowest BCUT2D eigenvalue weighted by atomic mass is 10.1. The second-order valence-electron chi connectivity index (χ2n) is 5.64. The Morgan fingerprint density at radius 1 is 1.12 bits per heavy atom. The van der Waals surface area contributed by atoms with Gasteiger partial charge in [0.1, 0.15) is 6.04 Å². The van der Waals surface area contributed by atoms with E-state index in [4.69, 9.17) is 16.3 Å². The molecule has 0 spiro atoms. The molecule has 0 saturated carbocycles. The summed E-state index contributed by atoms with van der Waals surface area (Å²) in [7, 11) is 1.27. The van der Waals surface area contributed by atoms with Crippen LogP contribution in [0.2, 0.25) is 5.02 Å². The first kappa shape index (κ1) is 19.5. The first-order valence-electron chi connectivity index (χ1n) is 7.90. The number of hydrogen-bond donors (Lipinski definition) is 2. The number of rotatable bonds is 6. The average molecular weight is 375 g/mol. The van der Waals surface area contributed by atoms with Gasteiger partial charge < -0.3 is 15.4 Å². The Hall–Kier alpha value is -2.86. The molecule has 6 nitrogen and oxygen atoms in total. The predicted octanol–water partition coefficient (Wildman–Crippen LogP) is 2.81. The maximum atomic E-state index is 12.4. The lowest BCUT2D eigenvalue weighted by Crippen LogP contribution is -2.43. The number of methoxy groups -OCH3 is 1. The first-order valence-corrected chi connectivity index (χ1v) is 8.27. The molecular weight excluding hydrogens is 356 g/mol. The maximum absolute atomic E-state index is 12.4. The monoisotopic (exact) mass is 374 g/mol. The Balaban J connectivity index is 2.10. The lowest BCUT2D eigenvalue weighted by Gasteiger charge is -2.17. The third-order valence-corrected chi connectivity index (χ3v) is 3.82. The number of halogens is 1. The minimum Gasteiger partial charge on any atom is -0.467 e. The van der Waals surface area contributed by atoms with Crippen LogP contribution in [0.15, 0.2) is 48.5 Å². The highest BCUT2D eigenvalue weighted by molar-refractivity contribution is 6.30. The smallest absolute Gasteiger partial charge is 0.328 e. The molecule has 2 N–H and O–H groups in total. The molecule has 0 aromatic heterocycles. The van der Waals surface area contributed by atoms with Crippen molar-refractivity contribution in [1.82, 2.24) is 5.32 Å². The molecule has 2 rings (SSSR count). The zero-order valence-electron chi connectivity index (χ0n) is 14.4. The Morgan fingerprint density at radius 3 is 2.38 bits per heavy atom. The molecule has 0 radical (unpaired) electrons. The molecule has 0 aliphatic rings. The van der Waals surface area contributed by atoms with E-state index in [0.29, 0.717) is 16.3 Å². The Kier molecular flexibility index (Phi) is 6.74. The molecule has 1 atom stereocenters. The van der Waals surface area contributed by atoms with Crippen molar-refractivity contribution in [3.05, 3.63) is 64.7 Å². The van der Waals surface area contributed by atoms with Gasteiger partial charge >= 0.3 is 5.97 Å². The van der Waals surface area contributed by atoms with Gasteiger partial charge in [0.2, 0.25) is 5.91 Å². The fourth-order valence-electron chi connectivity index (χ4n) is 2.38. The molecule has 0 unspecified atom stereocenters. The van der Waals surface area contributed by atoms with Gasteiger partial charge in [-0.1, -0.05) is 23.7 Å². The molecule has 2 amide bonds. The van der Waals surface area contributed by atoms with E-state index < -0.39 is 17.9 Å². The third-order valence-electron chi connectivity index (χ3n) is 3.59. The molecule has 0 heterocycles. The van der Waals surface area contributed by atoms with Crippen LogP contribution < -0.4 is 10.6 Å². The second-order valence-corrected chi connectivity index (χ2v) is 6.08. The highest BCUT2D eigenvalue weighted by atomic mass is 35.5. The van der Waals surface area contributed by atoms with E-state index >= 15 is 0 Å². The van der Waals surface area contributed by atoms with Crippen molar-refractivity contribution in [2.45, 2.75) is 19.4 Å². The van der Waals surface area contributed by atoms with Gasteiger partial charge in [-0.15, -0.1) is 0 Å². The van der Waals surface area contributed by atoms with Crippen LogP contribution in [0.1, 0.15) is 22.8 Å². The van der Waals surface area contributed by atoms with Crippen molar-refractivity contribution >= 4 is 35.1 Å². The fourth-order valence-corrected chi connectivity index (χ4v) is 2.60. The zero-order chi connectivity index (χ0) is 19.1. The minimum absolute atomic E-state index is 0.200. The number of carbonyl (C=O) groups excluding carboxylic acids is 3. The third kappa shape index (κ3) is 5.60. The highest BCUT2D eigenvalue weighted by Gasteiger charge is 2.22. The van der Waals surface area contributed by atoms with Crippen LogP contribution in [0.3, 0.4) is 0 Å². The van der Waals surface area contributed by atoms with Gasteiger partial charge in [0, 0.05) is 29.6 Å². The SMILES string of the molecule is COC(=O)[C@@H](Cc1cccc(Cl)c1)NC(=O)c1ccc(NC(C)=O)cc1. The number of amides is 2. The second kappa shape index (κ2) is 9.01. The molecule has 0 bridgehead atoms. The summed E-state index contributed by atoms with van der Waals surface area (Å²) in [5.41, 5.74) is 1.74. The van der Waals surface area contributed by atoms with Crippen LogP contribution in [-0.4, -0.2) is 30.9 Å². The summed E-state index contributed by atoms with van der Waals surface area (Å²) >= 11 is 5.96. The molecule has 0 aliphatic carbocycles. The molecule has 0 aliphatic heterocycles. The Bertz CT molecular complexity index is 805. The Morgan fingerprint density at radius 2 is 1.81 bits per heavy atom. The first-order chi connectivity index (χ1) is 12.4. The van der Waals surface area contributed by atoms with Crippen molar-refractivity contribution in [1.29, 1.82) is 0 Å². The number of nitrogens with one attached hydrogen (secondary N) is 2. The summed E-state index contributed by atoms with van der Waals surface area (Å²) in [5.74, 6) is -1.17. The highest BCUT2D eigenvalue weighted by Crippen LogP contribution is 2.14. The minimum atomic E-state index is -0.846. The molecule has 26 heavy (non-hydrogen) atoms. The molecule has 2 aromatic carbocycles. The van der Waals surface area contributed by atoms with Gasteiger partial charge in [-0.3, -0.25) is 9.59 Å². The van der Waals surface area contributed by atoms with Crippen LogP contribution in [0, 0.1) is 0 Å². The largest absolute Gasteiger partial charge is 0.467 e. The normalized spacial score (nSPS) is 11.3. The molecule has 0 saturated heterocycles. The number of benzene rings is 2. The van der Waals surface area contributed by atoms with Crippen LogP contribution in [0.4, 0.5) is 5.69 Å². The van der Waals surface area contributed by atoms with E-state index in [2.05, 4.69) is 10.6 Å². The number of ether oxygens (including phenoxy) is 1.